The largest absolute Gasteiger partial charge is 0.396 e. The number of hydrogen-bond acceptors (Lipinski definition) is 3. The second kappa shape index (κ2) is 5.57. The number of aliphatic hydroxyl groups excluding tert-OH is 1. The van der Waals surface area contributed by atoms with Crippen molar-refractivity contribution in [2.45, 2.75) is 37.8 Å². The van der Waals surface area contributed by atoms with Crippen LogP contribution in [0, 0.1) is 5.82 Å². The minimum atomic E-state index is -0.594. The van der Waals surface area contributed by atoms with Crippen LogP contribution in [0.2, 0.25) is 0 Å². The van der Waals surface area contributed by atoms with Gasteiger partial charge in [-0.05, 0) is 25.0 Å². The Kier molecular flexibility index (Phi) is 4.04. The SMILES string of the molecule is CN(C(=O)c1cccc(F)c1N)C1CCCCC1O. The Hall–Kier alpha value is -1.62. The number of halogens is 1. The third kappa shape index (κ3) is 2.71. The number of hydrogen-bond donors (Lipinski definition) is 2. The summed E-state index contributed by atoms with van der Waals surface area (Å²) in [6, 6.07) is 3.97. The Morgan fingerprint density at radius 3 is 2.79 bits per heavy atom. The first-order valence-electron chi connectivity index (χ1n) is 6.51. The van der Waals surface area contributed by atoms with E-state index in [1.807, 2.05) is 0 Å². The van der Waals surface area contributed by atoms with Gasteiger partial charge < -0.3 is 15.7 Å². The van der Waals surface area contributed by atoms with E-state index >= 15 is 0 Å². The highest BCUT2D eigenvalue weighted by molar-refractivity contribution is 5.99. The third-order valence-electron chi connectivity index (χ3n) is 3.80. The first-order valence-corrected chi connectivity index (χ1v) is 6.51. The average molecular weight is 266 g/mol. The van der Waals surface area contributed by atoms with Crippen LogP contribution in [0.1, 0.15) is 36.0 Å². The molecule has 0 bridgehead atoms. The predicted octanol–water partition coefficient (Wildman–Crippen LogP) is 1.78. The van der Waals surface area contributed by atoms with Gasteiger partial charge in [0.15, 0.2) is 0 Å². The molecule has 1 amide bonds. The van der Waals surface area contributed by atoms with Crippen LogP contribution in [0.25, 0.3) is 0 Å². The molecule has 0 aliphatic heterocycles. The number of para-hydroxylation sites is 1. The van der Waals surface area contributed by atoms with Crippen LogP contribution >= 0.6 is 0 Å². The summed E-state index contributed by atoms with van der Waals surface area (Å²) in [5.41, 5.74) is 5.62. The number of nitrogen functional groups attached to an aromatic ring is 1. The third-order valence-corrected chi connectivity index (χ3v) is 3.80. The highest BCUT2D eigenvalue weighted by Gasteiger charge is 2.30. The summed E-state index contributed by atoms with van der Waals surface area (Å²) in [7, 11) is 1.63. The molecule has 1 saturated carbocycles. The van der Waals surface area contributed by atoms with Gasteiger partial charge in [-0.2, -0.15) is 0 Å². The molecule has 104 valence electrons. The van der Waals surface area contributed by atoms with E-state index in [1.165, 1.54) is 23.1 Å². The maximum atomic E-state index is 13.4. The van der Waals surface area contributed by atoms with Gasteiger partial charge in [-0.25, -0.2) is 4.39 Å². The number of carbonyl (C=O) groups excluding carboxylic acids is 1. The molecule has 4 nitrogen and oxygen atoms in total. The Morgan fingerprint density at radius 2 is 2.11 bits per heavy atom. The van der Waals surface area contributed by atoms with Crippen molar-refractivity contribution in [2.24, 2.45) is 0 Å². The topological polar surface area (TPSA) is 66.6 Å². The van der Waals surface area contributed by atoms with E-state index in [9.17, 15) is 14.3 Å². The normalized spacial score (nSPS) is 23.1. The standard InChI is InChI=1S/C14H19FN2O2/c1-17(11-7-2-3-8-12(11)18)14(19)9-5-4-6-10(15)13(9)16/h4-6,11-12,18H,2-3,7-8,16H2,1H3. The van der Waals surface area contributed by atoms with Gasteiger partial charge in [0.2, 0.25) is 0 Å². The highest BCUT2D eigenvalue weighted by Crippen LogP contribution is 2.25. The Morgan fingerprint density at radius 1 is 1.42 bits per heavy atom. The van der Waals surface area contributed by atoms with Gasteiger partial charge in [0.05, 0.1) is 23.4 Å². The van der Waals surface area contributed by atoms with Gasteiger partial charge in [-0.3, -0.25) is 4.79 Å². The molecule has 1 aliphatic carbocycles. The minimum absolute atomic E-state index is 0.135. The van der Waals surface area contributed by atoms with Crippen LogP contribution in [0.3, 0.4) is 0 Å². The van der Waals surface area contributed by atoms with Crippen molar-refractivity contribution >= 4 is 11.6 Å². The lowest BCUT2D eigenvalue weighted by molar-refractivity contribution is 0.0268. The molecule has 1 aromatic carbocycles. The van der Waals surface area contributed by atoms with E-state index in [0.717, 1.165) is 19.3 Å². The molecule has 2 rings (SSSR count). The zero-order valence-corrected chi connectivity index (χ0v) is 11.0. The van der Waals surface area contributed by atoms with Crippen molar-refractivity contribution < 1.29 is 14.3 Å². The van der Waals surface area contributed by atoms with E-state index in [1.54, 1.807) is 7.05 Å². The monoisotopic (exact) mass is 266 g/mol. The summed E-state index contributed by atoms with van der Waals surface area (Å²) >= 11 is 0. The number of rotatable bonds is 2. The molecule has 2 atom stereocenters. The van der Waals surface area contributed by atoms with Crippen LogP contribution in [-0.4, -0.2) is 35.1 Å². The maximum absolute atomic E-state index is 13.4. The second-order valence-electron chi connectivity index (χ2n) is 5.04. The van der Waals surface area contributed by atoms with Crippen molar-refractivity contribution in [3.05, 3.63) is 29.6 Å². The molecule has 1 aliphatic rings. The fourth-order valence-electron chi connectivity index (χ4n) is 2.61. The van der Waals surface area contributed by atoms with Crippen molar-refractivity contribution in [2.75, 3.05) is 12.8 Å². The molecule has 0 radical (unpaired) electrons. The van der Waals surface area contributed by atoms with Gasteiger partial charge in [0.1, 0.15) is 5.82 Å². The number of anilines is 1. The van der Waals surface area contributed by atoms with Crippen molar-refractivity contribution in [3.8, 4) is 0 Å². The van der Waals surface area contributed by atoms with E-state index in [0.29, 0.717) is 6.42 Å². The smallest absolute Gasteiger partial charge is 0.256 e. The van der Waals surface area contributed by atoms with Gasteiger partial charge in [0.25, 0.3) is 5.91 Å². The Labute approximate surface area is 112 Å². The fourth-order valence-corrected chi connectivity index (χ4v) is 2.61. The lowest BCUT2D eigenvalue weighted by Crippen LogP contribution is -2.46. The summed E-state index contributed by atoms with van der Waals surface area (Å²) < 4.78 is 13.4. The number of amides is 1. The molecule has 5 heteroatoms. The Bertz CT molecular complexity index is 479. The number of benzene rings is 1. The summed E-state index contributed by atoms with van der Waals surface area (Å²) in [6.45, 7) is 0. The first kappa shape index (κ1) is 13.8. The van der Waals surface area contributed by atoms with Crippen LogP contribution < -0.4 is 5.73 Å². The Balaban J connectivity index is 2.21. The number of nitrogens with two attached hydrogens (primary N) is 1. The number of likely N-dealkylation sites (N-methyl/N-ethyl adjacent to an activating group) is 1. The van der Waals surface area contributed by atoms with E-state index in [-0.39, 0.29) is 23.2 Å². The molecule has 1 fully saturated rings. The minimum Gasteiger partial charge on any atom is -0.396 e. The van der Waals surface area contributed by atoms with Gasteiger partial charge in [0, 0.05) is 7.05 Å². The predicted molar refractivity (Wildman–Crippen MR) is 71.2 cm³/mol. The molecule has 0 spiro atoms. The molecule has 0 aromatic heterocycles. The van der Waals surface area contributed by atoms with Gasteiger partial charge in [-0.1, -0.05) is 18.9 Å². The first-order chi connectivity index (χ1) is 9.02. The summed E-state index contributed by atoms with van der Waals surface area (Å²) in [5, 5.41) is 9.96. The number of aliphatic hydroxyl groups is 1. The van der Waals surface area contributed by atoms with Crippen LogP contribution in [-0.2, 0) is 0 Å². The fraction of sp³-hybridized carbons (Fsp3) is 0.500. The summed E-state index contributed by atoms with van der Waals surface area (Å²) in [5.74, 6) is -0.939. The van der Waals surface area contributed by atoms with E-state index in [4.69, 9.17) is 5.73 Å². The van der Waals surface area contributed by atoms with E-state index in [2.05, 4.69) is 0 Å². The molecular weight excluding hydrogens is 247 g/mol. The highest BCUT2D eigenvalue weighted by atomic mass is 19.1. The molecule has 3 N–H and O–H groups in total. The van der Waals surface area contributed by atoms with E-state index < -0.39 is 11.9 Å². The lowest BCUT2D eigenvalue weighted by atomic mass is 9.91. The lowest BCUT2D eigenvalue weighted by Gasteiger charge is -2.35. The van der Waals surface area contributed by atoms with Crippen molar-refractivity contribution in [3.63, 3.8) is 0 Å². The zero-order chi connectivity index (χ0) is 14.0. The molecule has 2 unspecified atom stereocenters. The second-order valence-corrected chi connectivity index (χ2v) is 5.04. The molecule has 1 aromatic rings. The van der Waals surface area contributed by atoms with Crippen molar-refractivity contribution in [1.29, 1.82) is 0 Å². The zero-order valence-electron chi connectivity index (χ0n) is 11.0. The van der Waals surface area contributed by atoms with Crippen LogP contribution in [0.4, 0.5) is 10.1 Å². The average Bonchev–Trinajstić information content (AvgIpc) is 2.41. The quantitative estimate of drug-likeness (QED) is 0.802. The van der Waals surface area contributed by atoms with Gasteiger partial charge >= 0.3 is 0 Å². The number of nitrogens with zero attached hydrogens (tertiary/aromatic N) is 1. The summed E-state index contributed by atoms with van der Waals surface area (Å²) in [6.07, 6.45) is 2.90. The van der Waals surface area contributed by atoms with Crippen LogP contribution in [0.15, 0.2) is 18.2 Å². The maximum Gasteiger partial charge on any atom is 0.256 e. The summed E-state index contributed by atoms with van der Waals surface area (Å²) in [4.78, 5) is 13.8. The van der Waals surface area contributed by atoms with Crippen LogP contribution in [0.5, 0.6) is 0 Å². The number of carbonyl (C=O) groups is 1. The van der Waals surface area contributed by atoms with Crippen molar-refractivity contribution in [1.82, 2.24) is 4.90 Å². The molecule has 0 heterocycles. The molecule has 0 saturated heterocycles. The molecule has 19 heavy (non-hydrogen) atoms. The van der Waals surface area contributed by atoms with Gasteiger partial charge in [-0.15, -0.1) is 0 Å². The molecular formula is C14H19FN2O2.